The van der Waals surface area contributed by atoms with E-state index in [1.54, 1.807) is 0 Å². The average Bonchev–Trinajstić information content (AvgIpc) is 2.31. The van der Waals surface area contributed by atoms with E-state index in [0.29, 0.717) is 5.92 Å². The van der Waals surface area contributed by atoms with Crippen LogP contribution in [0.4, 0.5) is 0 Å². The van der Waals surface area contributed by atoms with E-state index < -0.39 is 0 Å². The smallest absolute Gasteiger partial charge is 0.0303 e. The van der Waals surface area contributed by atoms with Gasteiger partial charge in [0, 0.05) is 18.6 Å². The lowest BCUT2D eigenvalue weighted by Gasteiger charge is -2.42. The zero-order chi connectivity index (χ0) is 13.8. The quantitative estimate of drug-likeness (QED) is 0.788. The van der Waals surface area contributed by atoms with Gasteiger partial charge in [-0.05, 0) is 65.2 Å². The fourth-order valence-electron chi connectivity index (χ4n) is 3.13. The van der Waals surface area contributed by atoms with Crippen molar-refractivity contribution in [2.75, 3.05) is 40.3 Å². The Morgan fingerprint density at radius 3 is 2.33 bits per heavy atom. The Hall–Kier alpha value is -0.120. The highest BCUT2D eigenvalue weighted by atomic mass is 15.2. The molecule has 18 heavy (non-hydrogen) atoms. The van der Waals surface area contributed by atoms with Crippen LogP contribution in [-0.2, 0) is 0 Å². The molecule has 0 radical (unpaired) electrons. The molecule has 1 fully saturated rings. The molecule has 0 bridgehead atoms. The SMILES string of the molecule is CC(C)CC(C)(CN)N(C)CC1CCN(C)CC1. The number of nitrogens with zero attached hydrogens (tertiary/aromatic N) is 2. The first-order valence-electron chi connectivity index (χ1n) is 7.47. The normalized spacial score (nSPS) is 22.7. The van der Waals surface area contributed by atoms with Crippen molar-refractivity contribution in [2.45, 2.75) is 45.6 Å². The lowest BCUT2D eigenvalue weighted by atomic mass is 9.87. The third kappa shape index (κ3) is 4.52. The summed E-state index contributed by atoms with van der Waals surface area (Å²) in [5.41, 5.74) is 6.20. The topological polar surface area (TPSA) is 32.5 Å². The summed E-state index contributed by atoms with van der Waals surface area (Å²) in [5.74, 6) is 1.56. The van der Waals surface area contributed by atoms with Crippen LogP contribution < -0.4 is 5.73 Å². The first kappa shape index (κ1) is 15.9. The van der Waals surface area contributed by atoms with Crippen molar-refractivity contribution in [1.82, 2.24) is 9.80 Å². The van der Waals surface area contributed by atoms with Crippen LogP contribution in [-0.4, -0.2) is 55.6 Å². The number of hydrogen-bond donors (Lipinski definition) is 1. The summed E-state index contributed by atoms with van der Waals surface area (Å²) in [4.78, 5) is 4.95. The molecule has 0 aliphatic carbocycles. The summed E-state index contributed by atoms with van der Waals surface area (Å²) in [6.45, 7) is 11.4. The molecule has 0 aromatic heterocycles. The molecular weight excluding hydrogens is 222 g/mol. The molecule has 2 N–H and O–H groups in total. The molecule has 1 rings (SSSR count). The molecule has 0 aromatic carbocycles. The van der Waals surface area contributed by atoms with Crippen molar-refractivity contribution >= 4 is 0 Å². The van der Waals surface area contributed by atoms with E-state index in [-0.39, 0.29) is 5.54 Å². The van der Waals surface area contributed by atoms with Crippen LogP contribution in [0.1, 0.15) is 40.0 Å². The Balaban J connectivity index is 2.48. The van der Waals surface area contributed by atoms with E-state index in [1.165, 1.54) is 38.9 Å². The summed E-state index contributed by atoms with van der Waals surface area (Å²) in [5, 5.41) is 0. The maximum atomic E-state index is 6.03. The van der Waals surface area contributed by atoms with E-state index in [9.17, 15) is 0 Å². The van der Waals surface area contributed by atoms with Crippen LogP contribution in [0.5, 0.6) is 0 Å². The molecule has 108 valence electrons. The third-order valence-electron chi connectivity index (χ3n) is 4.58. The van der Waals surface area contributed by atoms with Crippen molar-refractivity contribution in [3.8, 4) is 0 Å². The first-order valence-corrected chi connectivity index (χ1v) is 7.47. The minimum absolute atomic E-state index is 0.164. The Morgan fingerprint density at radius 1 is 1.33 bits per heavy atom. The number of likely N-dealkylation sites (tertiary alicyclic amines) is 1. The van der Waals surface area contributed by atoms with Gasteiger partial charge < -0.3 is 10.6 Å². The average molecular weight is 255 g/mol. The first-order chi connectivity index (χ1) is 8.37. The maximum Gasteiger partial charge on any atom is 0.0303 e. The maximum absolute atomic E-state index is 6.03. The molecule has 1 heterocycles. The van der Waals surface area contributed by atoms with Crippen LogP contribution >= 0.6 is 0 Å². The summed E-state index contributed by atoms with van der Waals surface area (Å²) in [7, 11) is 4.48. The Bertz CT molecular complexity index is 234. The van der Waals surface area contributed by atoms with E-state index in [2.05, 4.69) is 44.7 Å². The number of likely N-dealkylation sites (N-methyl/N-ethyl adjacent to an activating group) is 1. The molecule has 0 spiro atoms. The molecule has 0 saturated carbocycles. The highest BCUT2D eigenvalue weighted by Crippen LogP contribution is 2.25. The largest absolute Gasteiger partial charge is 0.329 e. The second kappa shape index (κ2) is 6.88. The molecule has 1 saturated heterocycles. The third-order valence-corrected chi connectivity index (χ3v) is 4.58. The van der Waals surface area contributed by atoms with Gasteiger partial charge in [-0.1, -0.05) is 13.8 Å². The fourth-order valence-corrected chi connectivity index (χ4v) is 3.13. The predicted molar refractivity (Wildman–Crippen MR) is 79.8 cm³/mol. The van der Waals surface area contributed by atoms with Gasteiger partial charge in [0.2, 0.25) is 0 Å². The zero-order valence-electron chi connectivity index (χ0n) is 13.1. The summed E-state index contributed by atoms with van der Waals surface area (Å²) in [6, 6.07) is 0. The van der Waals surface area contributed by atoms with Crippen molar-refractivity contribution in [2.24, 2.45) is 17.6 Å². The van der Waals surface area contributed by atoms with Gasteiger partial charge in [-0.25, -0.2) is 0 Å². The molecule has 0 aromatic rings. The summed E-state index contributed by atoms with van der Waals surface area (Å²) < 4.78 is 0. The van der Waals surface area contributed by atoms with Crippen molar-refractivity contribution in [3.63, 3.8) is 0 Å². The van der Waals surface area contributed by atoms with Gasteiger partial charge in [-0.2, -0.15) is 0 Å². The van der Waals surface area contributed by atoms with Crippen LogP contribution in [0.15, 0.2) is 0 Å². The van der Waals surface area contributed by atoms with E-state index >= 15 is 0 Å². The van der Waals surface area contributed by atoms with Gasteiger partial charge in [0.15, 0.2) is 0 Å². The monoisotopic (exact) mass is 255 g/mol. The van der Waals surface area contributed by atoms with Crippen molar-refractivity contribution in [1.29, 1.82) is 0 Å². The standard InChI is InChI=1S/C15H33N3/c1-13(2)10-15(3,12-16)18(5)11-14-6-8-17(4)9-7-14/h13-14H,6-12,16H2,1-5H3. The van der Waals surface area contributed by atoms with Crippen LogP contribution in [0.3, 0.4) is 0 Å². The lowest BCUT2D eigenvalue weighted by Crippen LogP contribution is -2.52. The van der Waals surface area contributed by atoms with E-state index in [0.717, 1.165) is 12.5 Å². The number of hydrogen-bond acceptors (Lipinski definition) is 3. The molecule has 1 aliphatic heterocycles. The highest BCUT2D eigenvalue weighted by molar-refractivity contribution is 4.88. The number of piperidine rings is 1. The molecular formula is C15H33N3. The minimum Gasteiger partial charge on any atom is -0.329 e. The molecule has 1 aliphatic rings. The van der Waals surface area contributed by atoms with Gasteiger partial charge in [-0.3, -0.25) is 4.90 Å². The molecule has 1 atom stereocenters. The Morgan fingerprint density at radius 2 is 1.89 bits per heavy atom. The number of rotatable bonds is 6. The second-order valence-electron chi connectivity index (χ2n) is 6.93. The highest BCUT2D eigenvalue weighted by Gasteiger charge is 2.30. The van der Waals surface area contributed by atoms with Gasteiger partial charge in [0.1, 0.15) is 0 Å². The van der Waals surface area contributed by atoms with E-state index in [4.69, 9.17) is 5.73 Å². The van der Waals surface area contributed by atoms with Crippen molar-refractivity contribution < 1.29 is 0 Å². The van der Waals surface area contributed by atoms with Gasteiger partial charge in [0.25, 0.3) is 0 Å². The van der Waals surface area contributed by atoms with Crippen molar-refractivity contribution in [3.05, 3.63) is 0 Å². The molecule has 0 amide bonds. The van der Waals surface area contributed by atoms with Crippen LogP contribution in [0, 0.1) is 11.8 Å². The van der Waals surface area contributed by atoms with Gasteiger partial charge in [0.05, 0.1) is 0 Å². The fraction of sp³-hybridized carbons (Fsp3) is 1.00. The van der Waals surface area contributed by atoms with Crippen LogP contribution in [0.2, 0.25) is 0 Å². The lowest BCUT2D eigenvalue weighted by molar-refractivity contribution is 0.0818. The summed E-state index contributed by atoms with van der Waals surface area (Å²) in [6.07, 6.45) is 3.86. The number of nitrogens with two attached hydrogens (primary N) is 1. The predicted octanol–water partition coefficient (Wildman–Crippen LogP) is 2.02. The molecule has 1 unspecified atom stereocenters. The van der Waals surface area contributed by atoms with E-state index in [1.807, 2.05) is 0 Å². The summed E-state index contributed by atoms with van der Waals surface area (Å²) >= 11 is 0. The Kier molecular flexibility index (Phi) is 6.09. The molecule has 3 nitrogen and oxygen atoms in total. The molecule has 3 heteroatoms. The van der Waals surface area contributed by atoms with Gasteiger partial charge in [-0.15, -0.1) is 0 Å². The minimum atomic E-state index is 0.164. The second-order valence-corrected chi connectivity index (χ2v) is 6.93. The Labute approximate surface area is 114 Å². The van der Waals surface area contributed by atoms with Crippen LogP contribution in [0.25, 0.3) is 0 Å². The van der Waals surface area contributed by atoms with Gasteiger partial charge >= 0.3 is 0 Å². The zero-order valence-corrected chi connectivity index (χ0v) is 13.1.